The Morgan fingerprint density at radius 2 is 2.00 bits per heavy atom. The molecular formula is C17H20FN3O. The number of halogens is 1. The predicted molar refractivity (Wildman–Crippen MR) is 86.3 cm³/mol. The molecule has 0 amide bonds. The van der Waals surface area contributed by atoms with E-state index < -0.39 is 0 Å². The number of rotatable bonds is 2. The van der Waals surface area contributed by atoms with Gasteiger partial charge in [-0.1, -0.05) is 0 Å². The van der Waals surface area contributed by atoms with Gasteiger partial charge < -0.3 is 14.8 Å². The lowest BCUT2D eigenvalue weighted by Gasteiger charge is -2.31. The molecule has 1 aliphatic heterocycles. The second kappa shape index (κ2) is 5.09. The van der Waals surface area contributed by atoms with Gasteiger partial charge in [-0.3, -0.25) is 4.79 Å². The molecule has 1 N–H and O–H groups in total. The molecule has 0 unspecified atom stereocenters. The molecule has 1 aliphatic carbocycles. The third kappa shape index (κ3) is 2.11. The maximum absolute atomic E-state index is 14.7. The smallest absolute Gasteiger partial charge is 0.189 e. The van der Waals surface area contributed by atoms with E-state index in [1.165, 1.54) is 6.07 Å². The van der Waals surface area contributed by atoms with Crippen LogP contribution in [-0.4, -0.2) is 30.7 Å². The van der Waals surface area contributed by atoms with Crippen molar-refractivity contribution >= 4 is 16.6 Å². The van der Waals surface area contributed by atoms with E-state index in [0.717, 1.165) is 50.1 Å². The molecule has 0 spiro atoms. The van der Waals surface area contributed by atoms with Crippen molar-refractivity contribution in [2.45, 2.75) is 25.8 Å². The van der Waals surface area contributed by atoms with Crippen molar-refractivity contribution in [2.24, 2.45) is 0 Å². The van der Waals surface area contributed by atoms with Crippen LogP contribution in [0.3, 0.4) is 0 Å². The molecule has 2 heterocycles. The molecule has 1 aromatic heterocycles. The number of aryl methyl sites for hydroxylation is 1. The van der Waals surface area contributed by atoms with Gasteiger partial charge in [-0.2, -0.15) is 0 Å². The highest BCUT2D eigenvalue weighted by molar-refractivity contribution is 5.87. The van der Waals surface area contributed by atoms with Crippen LogP contribution < -0.4 is 15.6 Å². The molecule has 116 valence electrons. The molecule has 1 aromatic carbocycles. The summed E-state index contributed by atoms with van der Waals surface area (Å²) in [4.78, 5) is 14.3. The van der Waals surface area contributed by atoms with E-state index in [4.69, 9.17) is 0 Å². The summed E-state index contributed by atoms with van der Waals surface area (Å²) in [6.45, 7) is 5.26. The normalized spacial score (nSPS) is 18.9. The van der Waals surface area contributed by atoms with Crippen molar-refractivity contribution < 1.29 is 4.39 Å². The van der Waals surface area contributed by atoms with Gasteiger partial charge in [0.05, 0.1) is 11.2 Å². The van der Waals surface area contributed by atoms with Gasteiger partial charge in [0.1, 0.15) is 5.82 Å². The van der Waals surface area contributed by atoms with Crippen LogP contribution in [0.25, 0.3) is 10.9 Å². The Hall–Kier alpha value is -1.88. The van der Waals surface area contributed by atoms with Crippen molar-refractivity contribution in [3.05, 3.63) is 39.9 Å². The Morgan fingerprint density at radius 3 is 2.68 bits per heavy atom. The molecule has 0 bridgehead atoms. The number of aromatic nitrogens is 1. The molecule has 2 aromatic rings. The molecule has 0 atom stereocenters. The molecule has 0 radical (unpaired) electrons. The topological polar surface area (TPSA) is 37.3 Å². The van der Waals surface area contributed by atoms with Gasteiger partial charge in [0.2, 0.25) is 0 Å². The summed E-state index contributed by atoms with van der Waals surface area (Å²) in [5.41, 5.74) is 2.36. The molecule has 4 nitrogen and oxygen atoms in total. The molecule has 4 rings (SSSR count). The molecule has 1 saturated carbocycles. The minimum absolute atomic E-state index is 0.0965. The summed E-state index contributed by atoms with van der Waals surface area (Å²) in [6.07, 6.45) is 4.14. The van der Waals surface area contributed by atoms with Crippen molar-refractivity contribution in [1.82, 2.24) is 9.88 Å². The first-order valence-electron chi connectivity index (χ1n) is 7.96. The summed E-state index contributed by atoms with van der Waals surface area (Å²) in [5.74, 6) is -0.280. The van der Waals surface area contributed by atoms with Crippen LogP contribution in [0.5, 0.6) is 0 Å². The number of piperazine rings is 1. The maximum Gasteiger partial charge on any atom is 0.189 e. The highest BCUT2D eigenvalue weighted by Crippen LogP contribution is 2.39. The monoisotopic (exact) mass is 301 g/mol. The zero-order valence-corrected chi connectivity index (χ0v) is 12.7. The average molecular weight is 301 g/mol. The summed E-state index contributed by atoms with van der Waals surface area (Å²) in [5, 5.41) is 3.79. The largest absolute Gasteiger partial charge is 0.366 e. The van der Waals surface area contributed by atoms with Crippen molar-refractivity contribution in [1.29, 1.82) is 0 Å². The first-order chi connectivity index (χ1) is 10.7. The number of nitrogens with one attached hydrogen (secondary N) is 1. The Labute approximate surface area is 128 Å². The average Bonchev–Trinajstić information content (AvgIpc) is 3.34. The van der Waals surface area contributed by atoms with Gasteiger partial charge in [-0.25, -0.2) is 4.39 Å². The summed E-state index contributed by atoms with van der Waals surface area (Å²) in [6, 6.07) is 3.45. The maximum atomic E-state index is 14.7. The number of nitrogens with zero attached hydrogens (tertiary/aromatic N) is 2. The van der Waals surface area contributed by atoms with Crippen molar-refractivity contribution in [3.8, 4) is 0 Å². The Bertz CT molecular complexity index is 789. The first-order valence-corrected chi connectivity index (χ1v) is 7.96. The molecular weight excluding hydrogens is 281 g/mol. The van der Waals surface area contributed by atoms with Crippen molar-refractivity contribution in [2.75, 3.05) is 31.1 Å². The van der Waals surface area contributed by atoms with Crippen LogP contribution in [0.15, 0.2) is 23.1 Å². The molecule has 2 fully saturated rings. The fourth-order valence-electron chi connectivity index (χ4n) is 3.52. The number of hydrogen-bond donors (Lipinski definition) is 1. The van der Waals surface area contributed by atoms with Crippen LogP contribution in [0, 0.1) is 12.7 Å². The second-order valence-electron chi connectivity index (χ2n) is 6.28. The van der Waals surface area contributed by atoms with E-state index in [1.807, 2.05) is 13.1 Å². The SMILES string of the molecule is Cc1c(N2CCNCC2)c(F)cc2c(=O)ccn(C3CC3)c12. The quantitative estimate of drug-likeness (QED) is 0.924. The van der Waals surface area contributed by atoms with E-state index in [2.05, 4.69) is 14.8 Å². The van der Waals surface area contributed by atoms with Gasteiger partial charge in [-0.15, -0.1) is 0 Å². The summed E-state index contributed by atoms with van der Waals surface area (Å²) >= 11 is 0. The van der Waals surface area contributed by atoms with Gasteiger partial charge in [0, 0.05) is 49.9 Å². The highest BCUT2D eigenvalue weighted by atomic mass is 19.1. The third-order valence-corrected chi connectivity index (χ3v) is 4.75. The lowest BCUT2D eigenvalue weighted by molar-refractivity contribution is 0.565. The van der Waals surface area contributed by atoms with Crippen LogP contribution in [0.4, 0.5) is 10.1 Å². The van der Waals surface area contributed by atoms with Crippen LogP contribution in [0.2, 0.25) is 0 Å². The van der Waals surface area contributed by atoms with Gasteiger partial charge >= 0.3 is 0 Å². The molecule has 5 heteroatoms. The standard InChI is InChI=1S/C17H20FN3O/c1-11-16-13(15(22)4-7-21(16)12-2-3-12)10-14(18)17(11)20-8-5-19-6-9-20/h4,7,10,12,19H,2-3,5-6,8-9H2,1H3. The van der Waals surface area contributed by atoms with Crippen LogP contribution >= 0.6 is 0 Å². The van der Waals surface area contributed by atoms with Gasteiger partial charge in [0.15, 0.2) is 5.43 Å². The lowest BCUT2D eigenvalue weighted by atomic mass is 10.1. The fraction of sp³-hybridized carbons (Fsp3) is 0.471. The Kier molecular flexibility index (Phi) is 3.18. The second-order valence-corrected chi connectivity index (χ2v) is 6.28. The fourth-order valence-corrected chi connectivity index (χ4v) is 3.52. The number of hydrogen-bond acceptors (Lipinski definition) is 3. The molecule has 22 heavy (non-hydrogen) atoms. The van der Waals surface area contributed by atoms with E-state index in [0.29, 0.717) is 17.1 Å². The zero-order chi connectivity index (χ0) is 15.3. The van der Waals surface area contributed by atoms with Gasteiger partial charge in [-0.05, 0) is 31.4 Å². The van der Waals surface area contributed by atoms with E-state index in [9.17, 15) is 9.18 Å². The minimum atomic E-state index is -0.280. The molecule has 2 aliphatic rings. The van der Waals surface area contributed by atoms with Crippen LogP contribution in [0.1, 0.15) is 24.4 Å². The summed E-state index contributed by atoms with van der Waals surface area (Å²) in [7, 11) is 0. The van der Waals surface area contributed by atoms with E-state index in [1.54, 1.807) is 6.07 Å². The van der Waals surface area contributed by atoms with Gasteiger partial charge in [0.25, 0.3) is 0 Å². The number of fused-ring (bicyclic) bond motifs is 1. The predicted octanol–water partition coefficient (Wildman–Crippen LogP) is 2.19. The van der Waals surface area contributed by atoms with E-state index in [-0.39, 0.29) is 11.2 Å². The lowest BCUT2D eigenvalue weighted by Crippen LogP contribution is -2.44. The zero-order valence-electron chi connectivity index (χ0n) is 12.7. The Morgan fingerprint density at radius 1 is 1.27 bits per heavy atom. The third-order valence-electron chi connectivity index (χ3n) is 4.75. The Balaban J connectivity index is 1.98. The number of pyridine rings is 1. The van der Waals surface area contributed by atoms with Crippen LogP contribution in [-0.2, 0) is 0 Å². The first kappa shape index (κ1) is 13.8. The highest BCUT2D eigenvalue weighted by Gasteiger charge is 2.27. The summed E-state index contributed by atoms with van der Waals surface area (Å²) < 4.78 is 16.8. The minimum Gasteiger partial charge on any atom is -0.366 e. The number of anilines is 1. The van der Waals surface area contributed by atoms with E-state index >= 15 is 0 Å². The number of benzene rings is 1. The molecule has 1 saturated heterocycles. The van der Waals surface area contributed by atoms with Crippen molar-refractivity contribution in [3.63, 3.8) is 0 Å².